The Hall–Kier alpha value is -1.71. The summed E-state index contributed by atoms with van der Waals surface area (Å²) in [5, 5.41) is 12.6. The van der Waals surface area contributed by atoms with Crippen molar-refractivity contribution in [1.82, 2.24) is 5.32 Å². The van der Waals surface area contributed by atoms with Crippen LogP contribution in [-0.2, 0) is 0 Å². The summed E-state index contributed by atoms with van der Waals surface area (Å²) >= 11 is 0. The lowest BCUT2D eigenvalue weighted by atomic mass is 9.98. The highest BCUT2D eigenvalue weighted by Crippen LogP contribution is 2.23. The maximum Gasteiger partial charge on any atom is 0.255 e. The molecule has 0 saturated carbocycles. The molecule has 0 radical (unpaired) electrons. The summed E-state index contributed by atoms with van der Waals surface area (Å²) in [6, 6.07) is 4.61. The zero-order valence-corrected chi connectivity index (χ0v) is 11.4. The molecule has 0 aliphatic rings. The topological polar surface area (TPSA) is 58.6 Å². The number of nitrogens with one attached hydrogen (secondary N) is 1. The molecule has 0 aliphatic heterocycles. The number of rotatable bonds is 5. The van der Waals surface area contributed by atoms with Gasteiger partial charge in [-0.2, -0.15) is 0 Å². The third-order valence-corrected chi connectivity index (χ3v) is 2.78. The SMILES string of the molecule is CCCC(C)(C)NC(=O)c1cc(OC)ccc1O. The molecule has 1 aromatic carbocycles. The van der Waals surface area contributed by atoms with Gasteiger partial charge in [0.25, 0.3) is 5.91 Å². The number of aromatic hydroxyl groups is 1. The first-order chi connectivity index (χ1) is 8.39. The van der Waals surface area contributed by atoms with Crippen LogP contribution in [0.4, 0.5) is 0 Å². The normalized spacial score (nSPS) is 11.1. The molecule has 0 heterocycles. The van der Waals surface area contributed by atoms with E-state index < -0.39 is 0 Å². The molecule has 0 aromatic heterocycles. The summed E-state index contributed by atoms with van der Waals surface area (Å²) in [7, 11) is 1.52. The third kappa shape index (κ3) is 3.65. The predicted molar refractivity (Wildman–Crippen MR) is 71.1 cm³/mol. The Labute approximate surface area is 108 Å². The van der Waals surface area contributed by atoms with E-state index in [0.29, 0.717) is 5.75 Å². The van der Waals surface area contributed by atoms with Crippen LogP contribution in [-0.4, -0.2) is 23.7 Å². The first-order valence-electron chi connectivity index (χ1n) is 6.09. The molecule has 1 aromatic rings. The van der Waals surface area contributed by atoms with Crippen molar-refractivity contribution < 1.29 is 14.6 Å². The fraction of sp³-hybridized carbons (Fsp3) is 0.500. The van der Waals surface area contributed by atoms with Crippen molar-refractivity contribution in [3.63, 3.8) is 0 Å². The van der Waals surface area contributed by atoms with E-state index in [1.165, 1.54) is 19.2 Å². The number of methoxy groups -OCH3 is 1. The number of hydrogen-bond acceptors (Lipinski definition) is 3. The average Bonchev–Trinajstić information content (AvgIpc) is 2.28. The van der Waals surface area contributed by atoms with E-state index in [1.54, 1.807) is 6.07 Å². The molecule has 1 amide bonds. The molecule has 0 unspecified atom stereocenters. The molecule has 2 N–H and O–H groups in total. The van der Waals surface area contributed by atoms with Gasteiger partial charge in [-0.05, 0) is 38.5 Å². The summed E-state index contributed by atoms with van der Waals surface area (Å²) in [4.78, 5) is 12.1. The van der Waals surface area contributed by atoms with Gasteiger partial charge in [-0.15, -0.1) is 0 Å². The van der Waals surface area contributed by atoms with E-state index in [4.69, 9.17) is 4.74 Å². The van der Waals surface area contributed by atoms with Crippen molar-refractivity contribution in [3.05, 3.63) is 23.8 Å². The Morgan fingerprint density at radius 1 is 1.44 bits per heavy atom. The van der Waals surface area contributed by atoms with E-state index in [2.05, 4.69) is 12.2 Å². The first kappa shape index (κ1) is 14.4. The monoisotopic (exact) mass is 251 g/mol. The first-order valence-corrected chi connectivity index (χ1v) is 6.09. The van der Waals surface area contributed by atoms with E-state index in [1.807, 2.05) is 13.8 Å². The molecule has 4 heteroatoms. The van der Waals surface area contributed by atoms with Crippen molar-refractivity contribution in [1.29, 1.82) is 0 Å². The van der Waals surface area contributed by atoms with Crippen LogP contribution < -0.4 is 10.1 Å². The van der Waals surface area contributed by atoms with Gasteiger partial charge in [0.2, 0.25) is 0 Å². The Morgan fingerprint density at radius 3 is 2.67 bits per heavy atom. The highest BCUT2D eigenvalue weighted by molar-refractivity contribution is 5.97. The molecule has 0 saturated heterocycles. The fourth-order valence-electron chi connectivity index (χ4n) is 1.89. The van der Waals surface area contributed by atoms with Crippen LogP contribution in [0.3, 0.4) is 0 Å². The van der Waals surface area contributed by atoms with E-state index >= 15 is 0 Å². The van der Waals surface area contributed by atoms with Crippen LogP contribution in [0.25, 0.3) is 0 Å². The number of hydrogen-bond donors (Lipinski definition) is 2. The maximum absolute atomic E-state index is 12.1. The minimum atomic E-state index is -0.290. The molecule has 18 heavy (non-hydrogen) atoms. The second-order valence-electron chi connectivity index (χ2n) is 4.97. The van der Waals surface area contributed by atoms with Crippen LogP contribution in [0.2, 0.25) is 0 Å². The summed E-state index contributed by atoms with van der Waals surface area (Å²) in [5.74, 6) is 0.219. The lowest BCUT2D eigenvalue weighted by molar-refractivity contribution is 0.0906. The van der Waals surface area contributed by atoms with Gasteiger partial charge in [0.05, 0.1) is 12.7 Å². The van der Waals surface area contributed by atoms with Gasteiger partial charge in [0.1, 0.15) is 11.5 Å². The van der Waals surface area contributed by atoms with Gasteiger partial charge in [-0.1, -0.05) is 13.3 Å². The van der Waals surface area contributed by atoms with Crippen molar-refractivity contribution in [3.8, 4) is 11.5 Å². The van der Waals surface area contributed by atoms with Crippen LogP contribution in [0.1, 0.15) is 44.0 Å². The summed E-state index contributed by atoms with van der Waals surface area (Å²) < 4.78 is 5.05. The largest absolute Gasteiger partial charge is 0.507 e. The van der Waals surface area contributed by atoms with Crippen LogP contribution in [0.5, 0.6) is 11.5 Å². The molecular weight excluding hydrogens is 230 g/mol. The smallest absolute Gasteiger partial charge is 0.255 e. The summed E-state index contributed by atoms with van der Waals surface area (Å²) in [6.45, 7) is 5.99. The van der Waals surface area contributed by atoms with Crippen molar-refractivity contribution in [2.24, 2.45) is 0 Å². The quantitative estimate of drug-likeness (QED) is 0.846. The fourth-order valence-corrected chi connectivity index (χ4v) is 1.89. The second kappa shape index (κ2) is 5.76. The zero-order valence-electron chi connectivity index (χ0n) is 11.4. The van der Waals surface area contributed by atoms with Gasteiger partial charge in [-0.3, -0.25) is 4.79 Å². The maximum atomic E-state index is 12.1. The highest BCUT2D eigenvalue weighted by Gasteiger charge is 2.22. The molecular formula is C14H21NO3. The predicted octanol–water partition coefficient (Wildman–Crippen LogP) is 2.71. The van der Waals surface area contributed by atoms with Crippen LogP contribution >= 0.6 is 0 Å². The number of amides is 1. The van der Waals surface area contributed by atoms with Crippen molar-refractivity contribution in [2.75, 3.05) is 7.11 Å². The number of benzene rings is 1. The Kier molecular flexibility index (Phi) is 4.59. The molecule has 100 valence electrons. The third-order valence-electron chi connectivity index (χ3n) is 2.78. The van der Waals surface area contributed by atoms with Gasteiger partial charge in [0, 0.05) is 5.54 Å². The van der Waals surface area contributed by atoms with Crippen LogP contribution in [0, 0.1) is 0 Å². The summed E-state index contributed by atoms with van der Waals surface area (Å²) in [5.41, 5.74) is -0.0556. The van der Waals surface area contributed by atoms with Crippen LogP contribution in [0.15, 0.2) is 18.2 Å². The standard InChI is InChI=1S/C14H21NO3/c1-5-8-14(2,3)15-13(17)11-9-10(18-4)6-7-12(11)16/h6-7,9,16H,5,8H2,1-4H3,(H,15,17). The highest BCUT2D eigenvalue weighted by atomic mass is 16.5. The summed E-state index contributed by atoms with van der Waals surface area (Å²) in [6.07, 6.45) is 1.86. The lowest BCUT2D eigenvalue weighted by Gasteiger charge is -2.26. The average molecular weight is 251 g/mol. The van der Waals surface area contributed by atoms with E-state index in [0.717, 1.165) is 12.8 Å². The number of ether oxygens (including phenoxy) is 1. The lowest BCUT2D eigenvalue weighted by Crippen LogP contribution is -2.43. The minimum Gasteiger partial charge on any atom is -0.507 e. The van der Waals surface area contributed by atoms with Gasteiger partial charge in [0.15, 0.2) is 0 Å². The second-order valence-corrected chi connectivity index (χ2v) is 4.97. The molecule has 4 nitrogen and oxygen atoms in total. The number of phenols is 1. The van der Waals surface area contributed by atoms with Gasteiger partial charge in [-0.25, -0.2) is 0 Å². The molecule has 0 atom stereocenters. The number of carbonyl (C=O) groups is 1. The Balaban J connectivity index is 2.90. The van der Waals surface area contributed by atoms with Crippen molar-refractivity contribution >= 4 is 5.91 Å². The zero-order chi connectivity index (χ0) is 13.8. The molecule has 0 bridgehead atoms. The molecule has 0 fully saturated rings. The molecule has 0 spiro atoms. The number of carbonyl (C=O) groups excluding carboxylic acids is 1. The van der Waals surface area contributed by atoms with Gasteiger partial charge >= 0.3 is 0 Å². The molecule has 1 rings (SSSR count). The van der Waals surface area contributed by atoms with E-state index in [9.17, 15) is 9.90 Å². The number of phenolic OH excluding ortho intramolecular Hbond substituents is 1. The molecule has 0 aliphatic carbocycles. The Morgan fingerprint density at radius 2 is 2.11 bits per heavy atom. The van der Waals surface area contributed by atoms with E-state index in [-0.39, 0.29) is 22.8 Å². The minimum absolute atomic E-state index is 0.0411. The Bertz CT molecular complexity index is 427. The van der Waals surface area contributed by atoms with Crippen molar-refractivity contribution in [2.45, 2.75) is 39.2 Å². The van der Waals surface area contributed by atoms with Gasteiger partial charge < -0.3 is 15.2 Å².